The molecule has 0 saturated heterocycles. The number of amides is 1. The number of aryl methyl sites for hydroxylation is 1. The number of carboxylic acids is 1. The van der Waals surface area contributed by atoms with E-state index in [4.69, 9.17) is 14.6 Å². The van der Waals surface area contributed by atoms with Gasteiger partial charge >= 0.3 is 12.1 Å². The second kappa shape index (κ2) is 12.3. The van der Waals surface area contributed by atoms with E-state index in [1.165, 1.54) is 20.3 Å². The molecule has 9 heteroatoms. The third-order valence-electron chi connectivity index (χ3n) is 5.50. The highest BCUT2D eigenvalue weighted by Crippen LogP contribution is 2.31. The van der Waals surface area contributed by atoms with Crippen LogP contribution in [0, 0.1) is 6.92 Å². The number of methoxy groups -OCH3 is 2. The van der Waals surface area contributed by atoms with Crippen LogP contribution in [-0.2, 0) is 17.4 Å². The van der Waals surface area contributed by atoms with Crippen molar-refractivity contribution < 1.29 is 37.3 Å². The van der Waals surface area contributed by atoms with Crippen LogP contribution in [0.25, 0.3) is 0 Å². The van der Waals surface area contributed by atoms with Gasteiger partial charge in [-0.1, -0.05) is 18.2 Å². The zero-order valence-corrected chi connectivity index (χ0v) is 19.6. The average molecular weight is 482 g/mol. The summed E-state index contributed by atoms with van der Waals surface area (Å²) < 4.78 is 49.6. The number of alkyl halides is 3. The van der Waals surface area contributed by atoms with Crippen molar-refractivity contribution in [3.8, 4) is 11.5 Å². The molecule has 34 heavy (non-hydrogen) atoms. The summed E-state index contributed by atoms with van der Waals surface area (Å²) in [6.07, 6.45) is -2.70. The molecular weight excluding hydrogens is 451 g/mol. The van der Waals surface area contributed by atoms with E-state index in [2.05, 4.69) is 0 Å². The quantitative estimate of drug-likeness (QED) is 0.413. The fraction of sp³-hybridized carbons (Fsp3) is 0.440. The Morgan fingerprint density at radius 2 is 1.59 bits per heavy atom. The van der Waals surface area contributed by atoms with Crippen molar-refractivity contribution in [1.82, 2.24) is 4.90 Å². The van der Waals surface area contributed by atoms with Gasteiger partial charge in [0, 0.05) is 30.6 Å². The number of carbonyl (C=O) groups excluding carboxylic acids is 1. The van der Waals surface area contributed by atoms with E-state index < -0.39 is 17.7 Å². The summed E-state index contributed by atoms with van der Waals surface area (Å²) in [6, 6.07) is 8.39. The number of halogens is 3. The van der Waals surface area contributed by atoms with E-state index in [9.17, 15) is 22.8 Å². The molecule has 0 atom stereocenters. The Hall–Kier alpha value is -3.23. The number of hydrogen-bond donors (Lipinski definition) is 1. The Morgan fingerprint density at radius 3 is 2.15 bits per heavy atom. The number of unbranched alkanes of at least 4 members (excludes halogenated alkanes) is 1. The molecule has 0 unspecified atom stereocenters. The van der Waals surface area contributed by atoms with E-state index >= 15 is 0 Å². The molecule has 186 valence electrons. The molecule has 1 amide bonds. The van der Waals surface area contributed by atoms with E-state index in [0.717, 1.165) is 17.7 Å². The topological polar surface area (TPSA) is 76.1 Å². The van der Waals surface area contributed by atoms with Gasteiger partial charge in [-0.3, -0.25) is 9.59 Å². The van der Waals surface area contributed by atoms with E-state index in [1.807, 2.05) is 6.92 Å². The van der Waals surface area contributed by atoms with Crippen LogP contribution in [0.2, 0.25) is 0 Å². The number of aliphatic carboxylic acids is 1. The third-order valence-corrected chi connectivity index (χ3v) is 5.50. The summed E-state index contributed by atoms with van der Waals surface area (Å²) in [7, 11) is 2.99. The maximum atomic E-state index is 13.3. The smallest absolute Gasteiger partial charge is 0.416 e. The van der Waals surface area contributed by atoms with Crippen molar-refractivity contribution in [2.75, 3.05) is 27.3 Å². The van der Waals surface area contributed by atoms with Crippen LogP contribution in [0.15, 0.2) is 36.4 Å². The molecule has 1 N–H and O–H groups in total. The first-order chi connectivity index (χ1) is 16.1. The molecular formula is C25H30F3NO5. The lowest BCUT2D eigenvalue weighted by Gasteiger charge is -2.24. The number of ether oxygens (including phenoxy) is 2. The lowest BCUT2D eigenvalue weighted by molar-refractivity contribution is -0.138. The van der Waals surface area contributed by atoms with Crippen LogP contribution in [0.5, 0.6) is 11.5 Å². The number of rotatable bonds is 12. The van der Waals surface area contributed by atoms with Crippen molar-refractivity contribution in [3.05, 3.63) is 58.7 Å². The Kier molecular flexibility index (Phi) is 9.77. The second-order valence-electron chi connectivity index (χ2n) is 7.95. The predicted molar refractivity (Wildman–Crippen MR) is 121 cm³/mol. The first-order valence-corrected chi connectivity index (χ1v) is 11.0. The molecule has 0 aliphatic carbocycles. The zero-order valence-electron chi connectivity index (χ0n) is 19.6. The van der Waals surface area contributed by atoms with Crippen LogP contribution < -0.4 is 9.47 Å². The van der Waals surface area contributed by atoms with Crippen LogP contribution >= 0.6 is 0 Å². The van der Waals surface area contributed by atoms with Gasteiger partial charge in [-0.2, -0.15) is 13.2 Å². The lowest BCUT2D eigenvalue weighted by Crippen LogP contribution is -2.33. The van der Waals surface area contributed by atoms with Gasteiger partial charge in [0.1, 0.15) is 11.5 Å². The number of carboxylic acid groups (broad SMARTS) is 1. The minimum absolute atomic E-state index is 0.00155. The van der Waals surface area contributed by atoms with Gasteiger partial charge in [-0.05, 0) is 56.4 Å². The molecule has 0 bridgehead atoms. The lowest BCUT2D eigenvalue weighted by atomic mass is 10.0. The van der Waals surface area contributed by atoms with Crippen molar-refractivity contribution in [2.45, 2.75) is 45.2 Å². The highest BCUT2D eigenvalue weighted by molar-refractivity contribution is 5.95. The van der Waals surface area contributed by atoms with Crippen LogP contribution in [0.4, 0.5) is 13.2 Å². The fourth-order valence-corrected chi connectivity index (χ4v) is 3.66. The minimum Gasteiger partial charge on any atom is -0.496 e. The van der Waals surface area contributed by atoms with Gasteiger partial charge < -0.3 is 19.5 Å². The van der Waals surface area contributed by atoms with Gasteiger partial charge in [-0.25, -0.2) is 0 Å². The average Bonchev–Trinajstić information content (AvgIpc) is 2.79. The first-order valence-electron chi connectivity index (χ1n) is 11.0. The standard InChI is InChI=1S/C25H30F3NO5/c1-17-21(33-2)15-19(16-22(17)34-3)24(32)29(12-5-4-11-23(30)31)13-7-9-18-8-6-10-20(14-18)25(26,27)28/h6,8,10,14-16H,4-5,7,9,11-13H2,1-3H3,(H,30,31). The number of hydrogen-bond acceptors (Lipinski definition) is 4. The molecule has 2 aromatic rings. The normalized spacial score (nSPS) is 11.2. The van der Waals surface area contributed by atoms with Crippen molar-refractivity contribution in [3.63, 3.8) is 0 Å². The van der Waals surface area contributed by atoms with E-state index in [-0.39, 0.29) is 12.3 Å². The molecule has 0 saturated carbocycles. The molecule has 2 rings (SSSR count). The SMILES string of the molecule is COc1cc(C(=O)N(CCCCC(=O)O)CCCc2cccc(C(F)(F)F)c2)cc(OC)c1C. The second-order valence-corrected chi connectivity index (χ2v) is 7.95. The Labute approximate surface area is 197 Å². The highest BCUT2D eigenvalue weighted by Gasteiger charge is 2.30. The Bertz CT molecular complexity index is 966. The Morgan fingerprint density at radius 1 is 0.971 bits per heavy atom. The van der Waals surface area contributed by atoms with E-state index in [1.54, 1.807) is 23.1 Å². The summed E-state index contributed by atoms with van der Waals surface area (Å²) in [5.74, 6) is -0.193. The molecule has 6 nitrogen and oxygen atoms in total. The van der Waals surface area contributed by atoms with E-state index in [0.29, 0.717) is 61.4 Å². The van der Waals surface area contributed by atoms with Crippen LogP contribution in [-0.4, -0.2) is 49.2 Å². The predicted octanol–water partition coefficient (Wildman–Crippen LogP) is 5.36. The number of benzene rings is 2. The van der Waals surface area contributed by atoms with Gasteiger partial charge in [0.05, 0.1) is 19.8 Å². The van der Waals surface area contributed by atoms with Crippen molar-refractivity contribution in [2.24, 2.45) is 0 Å². The monoisotopic (exact) mass is 481 g/mol. The molecule has 0 spiro atoms. The van der Waals surface area contributed by atoms with Crippen molar-refractivity contribution >= 4 is 11.9 Å². The minimum atomic E-state index is -4.41. The summed E-state index contributed by atoms with van der Waals surface area (Å²) >= 11 is 0. The molecule has 2 aromatic carbocycles. The molecule has 0 aliphatic heterocycles. The largest absolute Gasteiger partial charge is 0.496 e. The number of nitrogens with zero attached hydrogens (tertiary/aromatic N) is 1. The molecule has 0 heterocycles. The molecule has 0 fully saturated rings. The van der Waals surface area contributed by atoms with Crippen LogP contribution in [0.1, 0.15) is 52.7 Å². The van der Waals surface area contributed by atoms with Crippen LogP contribution in [0.3, 0.4) is 0 Å². The Balaban J connectivity index is 2.16. The summed E-state index contributed by atoms with van der Waals surface area (Å²) in [5.41, 5.74) is 0.938. The fourth-order valence-electron chi connectivity index (χ4n) is 3.66. The first kappa shape index (κ1) is 27.0. The maximum Gasteiger partial charge on any atom is 0.416 e. The zero-order chi connectivity index (χ0) is 25.3. The summed E-state index contributed by atoms with van der Waals surface area (Å²) in [6.45, 7) is 2.44. The summed E-state index contributed by atoms with van der Waals surface area (Å²) in [5, 5.41) is 8.87. The maximum absolute atomic E-state index is 13.3. The van der Waals surface area contributed by atoms with Gasteiger partial charge in [0.2, 0.25) is 0 Å². The summed E-state index contributed by atoms with van der Waals surface area (Å²) in [4.78, 5) is 25.7. The molecule has 0 aliphatic rings. The highest BCUT2D eigenvalue weighted by atomic mass is 19.4. The van der Waals surface area contributed by atoms with Crippen molar-refractivity contribution in [1.29, 1.82) is 0 Å². The van der Waals surface area contributed by atoms with Gasteiger partial charge in [0.25, 0.3) is 5.91 Å². The molecule has 0 aromatic heterocycles. The van der Waals surface area contributed by atoms with Gasteiger partial charge in [-0.15, -0.1) is 0 Å². The number of carbonyl (C=O) groups is 2. The van der Waals surface area contributed by atoms with Gasteiger partial charge in [0.15, 0.2) is 0 Å². The third kappa shape index (κ3) is 7.67. The molecule has 0 radical (unpaired) electrons.